The van der Waals surface area contributed by atoms with Crippen LogP contribution in [0.15, 0.2) is 27.5 Å². The highest BCUT2D eigenvalue weighted by Crippen LogP contribution is 2.26. The minimum atomic E-state index is -3.51. The van der Waals surface area contributed by atoms with Crippen LogP contribution in [0.4, 0.5) is 0 Å². The lowest BCUT2D eigenvalue weighted by molar-refractivity contribution is 0.596. The van der Waals surface area contributed by atoms with E-state index in [4.69, 9.17) is 11.6 Å². The summed E-state index contributed by atoms with van der Waals surface area (Å²) in [6, 6.07) is 4.87. The van der Waals surface area contributed by atoms with E-state index in [1.54, 1.807) is 19.1 Å². The second-order valence-electron chi connectivity index (χ2n) is 3.23. The minimum Gasteiger partial charge on any atom is -0.199 e. The van der Waals surface area contributed by atoms with Gasteiger partial charge in [-0.25, -0.2) is 0 Å². The monoisotopic (exact) mass is 229 g/mol. The summed E-state index contributed by atoms with van der Waals surface area (Å²) >= 11 is 5.73. The molecule has 1 aliphatic heterocycles. The Bertz CT molecular complexity index is 520. The van der Waals surface area contributed by atoms with Gasteiger partial charge in [0.1, 0.15) is 0 Å². The van der Waals surface area contributed by atoms with Crippen LogP contribution in [0.5, 0.6) is 0 Å². The van der Waals surface area contributed by atoms with Crippen LogP contribution in [-0.4, -0.2) is 14.1 Å². The number of sulfonamides is 1. The highest BCUT2D eigenvalue weighted by Gasteiger charge is 2.23. The fraction of sp³-hybridized carbons (Fsp3) is 0.222. The Hall–Kier alpha value is -0.870. The molecule has 5 heteroatoms. The molecule has 0 fully saturated rings. The molecular weight excluding hydrogens is 222 g/mol. The van der Waals surface area contributed by atoms with Gasteiger partial charge in [0.05, 0.1) is 4.90 Å². The first kappa shape index (κ1) is 9.68. The van der Waals surface area contributed by atoms with E-state index < -0.39 is 10.0 Å². The van der Waals surface area contributed by atoms with E-state index in [9.17, 15) is 8.42 Å². The van der Waals surface area contributed by atoms with Crippen molar-refractivity contribution in [1.29, 1.82) is 0 Å². The summed E-state index contributed by atoms with van der Waals surface area (Å²) in [5, 5.41) is 0.419. The Morgan fingerprint density at radius 2 is 2.14 bits per heavy atom. The summed E-state index contributed by atoms with van der Waals surface area (Å²) in [5.74, 6) is 0. The Balaban J connectivity index is 2.73. The molecule has 0 bridgehead atoms. The van der Waals surface area contributed by atoms with E-state index in [0.29, 0.717) is 17.2 Å². The van der Waals surface area contributed by atoms with Gasteiger partial charge in [0.25, 0.3) is 10.0 Å². The zero-order valence-electron chi connectivity index (χ0n) is 7.49. The van der Waals surface area contributed by atoms with E-state index in [-0.39, 0.29) is 4.90 Å². The molecule has 0 amide bonds. The lowest BCUT2D eigenvalue weighted by atomic mass is 10.1. The third-order valence-corrected chi connectivity index (χ3v) is 3.75. The van der Waals surface area contributed by atoms with Crippen molar-refractivity contribution in [3.05, 3.63) is 28.8 Å². The fourth-order valence-electron chi connectivity index (χ4n) is 1.48. The fourth-order valence-corrected chi connectivity index (χ4v) is 3.03. The highest BCUT2D eigenvalue weighted by molar-refractivity contribution is 7.90. The van der Waals surface area contributed by atoms with E-state index in [1.807, 2.05) is 0 Å². The summed E-state index contributed by atoms with van der Waals surface area (Å²) < 4.78 is 26.8. The van der Waals surface area contributed by atoms with Gasteiger partial charge in [-0.05, 0) is 24.6 Å². The number of halogens is 1. The van der Waals surface area contributed by atoms with Crippen molar-refractivity contribution < 1.29 is 8.42 Å². The molecule has 74 valence electrons. The molecule has 0 saturated heterocycles. The molecule has 0 aromatic heterocycles. The Morgan fingerprint density at radius 3 is 2.86 bits per heavy atom. The third-order valence-electron chi connectivity index (χ3n) is 2.03. The Kier molecular flexibility index (Phi) is 2.12. The second kappa shape index (κ2) is 3.07. The van der Waals surface area contributed by atoms with Crippen molar-refractivity contribution in [2.24, 2.45) is 4.40 Å². The zero-order chi connectivity index (χ0) is 10.3. The minimum absolute atomic E-state index is 0.232. The molecule has 1 aliphatic rings. The first-order chi connectivity index (χ1) is 6.49. The van der Waals surface area contributed by atoms with Gasteiger partial charge in [0.2, 0.25) is 0 Å². The van der Waals surface area contributed by atoms with Crippen LogP contribution < -0.4 is 0 Å². The molecule has 0 unspecified atom stereocenters. The molecule has 0 N–H and O–H groups in total. The maximum absolute atomic E-state index is 11.6. The van der Waals surface area contributed by atoms with Gasteiger partial charge in [-0.3, -0.25) is 0 Å². The lowest BCUT2D eigenvalue weighted by Crippen LogP contribution is -2.13. The summed E-state index contributed by atoms with van der Waals surface area (Å²) in [6.45, 7) is 1.70. The molecule has 2 rings (SSSR count). The predicted octanol–water partition coefficient (Wildman–Crippen LogP) is 2.05. The van der Waals surface area contributed by atoms with E-state index in [2.05, 4.69) is 4.40 Å². The number of hydrogen-bond donors (Lipinski definition) is 0. The standard InChI is InChI=1S/C9H8ClNO2S/c1-6-4-7-2-3-8(10)5-9(7)14(12,13)11-6/h2-3,5H,4H2,1H3. The van der Waals surface area contributed by atoms with Gasteiger partial charge in [0, 0.05) is 17.2 Å². The number of benzene rings is 1. The normalized spacial score (nSPS) is 18.6. The molecule has 0 atom stereocenters. The van der Waals surface area contributed by atoms with Crippen LogP contribution in [0.1, 0.15) is 12.5 Å². The average Bonchev–Trinajstić information content (AvgIpc) is 2.05. The zero-order valence-corrected chi connectivity index (χ0v) is 9.06. The summed E-state index contributed by atoms with van der Waals surface area (Å²) in [6.07, 6.45) is 0.575. The van der Waals surface area contributed by atoms with Crippen molar-refractivity contribution >= 4 is 27.3 Å². The van der Waals surface area contributed by atoms with Gasteiger partial charge in [-0.1, -0.05) is 17.7 Å². The first-order valence-electron chi connectivity index (χ1n) is 4.08. The maximum Gasteiger partial charge on any atom is 0.282 e. The molecule has 0 saturated carbocycles. The first-order valence-corrected chi connectivity index (χ1v) is 5.90. The molecule has 14 heavy (non-hydrogen) atoms. The van der Waals surface area contributed by atoms with Crippen LogP contribution >= 0.6 is 11.6 Å². The third kappa shape index (κ3) is 1.55. The van der Waals surface area contributed by atoms with E-state index in [0.717, 1.165) is 5.56 Å². The van der Waals surface area contributed by atoms with E-state index >= 15 is 0 Å². The predicted molar refractivity (Wildman–Crippen MR) is 55.5 cm³/mol. The molecule has 0 spiro atoms. The van der Waals surface area contributed by atoms with Gasteiger partial charge >= 0.3 is 0 Å². The lowest BCUT2D eigenvalue weighted by Gasteiger charge is -2.13. The van der Waals surface area contributed by atoms with Gasteiger partial charge in [0.15, 0.2) is 0 Å². The van der Waals surface area contributed by atoms with Gasteiger partial charge in [-0.15, -0.1) is 0 Å². The Morgan fingerprint density at radius 1 is 1.43 bits per heavy atom. The summed E-state index contributed by atoms with van der Waals surface area (Å²) in [7, 11) is -3.51. The van der Waals surface area contributed by atoms with Crippen molar-refractivity contribution in [2.45, 2.75) is 18.2 Å². The number of hydrogen-bond acceptors (Lipinski definition) is 2. The van der Waals surface area contributed by atoms with E-state index in [1.165, 1.54) is 6.07 Å². The maximum atomic E-state index is 11.6. The van der Waals surface area contributed by atoms with Crippen molar-refractivity contribution in [3.63, 3.8) is 0 Å². The smallest absolute Gasteiger partial charge is 0.199 e. The molecule has 1 aromatic rings. The molecular formula is C9H8ClNO2S. The van der Waals surface area contributed by atoms with Crippen LogP contribution in [0.2, 0.25) is 5.02 Å². The SMILES string of the molecule is CC1=NS(=O)(=O)c2cc(Cl)ccc2C1. The van der Waals surface area contributed by atoms with Crippen molar-refractivity contribution in [2.75, 3.05) is 0 Å². The largest absolute Gasteiger partial charge is 0.282 e. The van der Waals surface area contributed by atoms with Crippen LogP contribution in [0.25, 0.3) is 0 Å². The van der Waals surface area contributed by atoms with Crippen LogP contribution in [0, 0.1) is 0 Å². The summed E-state index contributed by atoms with van der Waals surface area (Å²) in [5.41, 5.74) is 1.38. The molecule has 0 radical (unpaired) electrons. The number of fused-ring (bicyclic) bond motifs is 1. The average molecular weight is 230 g/mol. The molecule has 0 aliphatic carbocycles. The molecule has 1 aromatic carbocycles. The van der Waals surface area contributed by atoms with Crippen molar-refractivity contribution in [1.82, 2.24) is 0 Å². The molecule has 3 nitrogen and oxygen atoms in total. The summed E-state index contributed by atoms with van der Waals surface area (Å²) in [4.78, 5) is 0.232. The van der Waals surface area contributed by atoms with Gasteiger partial charge < -0.3 is 0 Å². The highest BCUT2D eigenvalue weighted by atomic mass is 35.5. The van der Waals surface area contributed by atoms with Crippen LogP contribution in [0.3, 0.4) is 0 Å². The van der Waals surface area contributed by atoms with Crippen molar-refractivity contribution in [3.8, 4) is 0 Å². The quantitative estimate of drug-likeness (QED) is 0.684. The van der Waals surface area contributed by atoms with Crippen LogP contribution in [-0.2, 0) is 16.4 Å². The topological polar surface area (TPSA) is 46.5 Å². The van der Waals surface area contributed by atoms with Gasteiger partial charge in [-0.2, -0.15) is 12.8 Å². The Labute approximate surface area is 87.5 Å². The second-order valence-corrected chi connectivity index (χ2v) is 5.24. The number of rotatable bonds is 0. The molecule has 1 heterocycles. The number of nitrogens with zero attached hydrogens (tertiary/aromatic N) is 1.